The summed E-state index contributed by atoms with van der Waals surface area (Å²) in [6.07, 6.45) is 2.66. The molecule has 0 saturated carbocycles. The topological polar surface area (TPSA) is 12.5 Å². The molecular weight excluding hydrogens is 282 g/mol. The van der Waals surface area contributed by atoms with Gasteiger partial charge in [-0.3, -0.25) is 4.90 Å². The van der Waals surface area contributed by atoms with Crippen LogP contribution in [0.1, 0.15) is 43.7 Å². The minimum atomic E-state index is 0.301. The molecule has 0 amide bonds. The summed E-state index contributed by atoms with van der Waals surface area (Å²) in [5.41, 5.74) is 2.73. The van der Waals surface area contributed by atoms with Gasteiger partial charge in [0.05, 0.1) is 0 Å². The Balaban J connectivity index is 1.59. The van der Waals surface area contributed by atoms with Gasteiger partial charge in [-0.1, -0.05) is 56.3 Å². The monoisotopic (exact) mass is 309 g/mol. The SMILES string of the molecule is CC(C)c1cccc(O[C@@H]2CCCN(Cc3ccccc3)C2)c1. The number of hydrogen-bond donors (Lipinski definition) is 0. The Labute approximate surface area is 140 Å². The smallest absolute Gasteiger partial charge is 0.120 e. The van der Waals surface area contributed by atoms with Crippen molar-refractivity contribution in [1.82, 2.24) is 4.90 Å². The van der Waals surface area contributed by atoms with Crippen LogP contribution >= 0.6 is 0 Å². The number of nitrogens with zero attached hydrogens (tertiary/aromatic N) is 1. The molecule has 1 aliphatic rings. The summed E-state index contributed by atoms with van der Waals surface area (Å²) >= 11 is 0. The third-order valence-corrected chi connectivity index (χ3v) is 4.54. The molecular formula is C21H27NO. The average molecular weight is 309 g/mol. The van der Waals surface area contributed by atoms with E-state index in [0.29, 0.717) is 12.0 Å². The number of rotatable bonds is 5. The van der Waals surface area contributed by atoms with Crippen LogP contribution in [-0.4, -0.2) is 24.1 Å². The van der Waals surface area contributed by atoms with E-state index in [1.807, 2.05) is 0 Å². The van der Waals surface area contributed by atoms with Gasteiger partial charge in [-0.2, -0.15) is 0 Å². The van der Waals surface area contributed by atoms with Gasteiger partial charge in [0.25, 0.3) is 0 Å². The van der Waals surface area contributed by atoms with E-state index in [2.05, 4.69) is 73.3 Å². The van der Waals surface area contributed by atoms with Gasteiger partial charge in [-0.05, 0) is 48.6 Å². The minimum absolute atomic E-state index is 0.301. The second-order valence-electron chi connectivity index (χ2n) is 6.83. The van der Waals surface area contributed by atoms with Crippen molar-refractivity contribution in [3.05, 3.63) is 65.7 Å². The standard InChI is InChI=1S/C21H27NO/c1-17(2)19-10-6-11-20(14-19)23-21-12-7-13-22(16-21)15-18-8-4-3-5-9-18/h3-6,8-11,14,17,21H,7,12-13,15-16H2,1-2H3/t21-/m1/s1. The lowest BCUT2D eigenvalue weighted by molar-refractivity contribution is 0.0842. The van der Waals surface area contributed by atoms with Crippen LogP contribution in [-0.2, 0) is 6.54 Å². The molecule has 2 aromatic carbocycles. The van der Waals surface area contributed by atoms with Crippen LogP contribution < -0.4 is 4.74 Å². The van der Waals surface area contributed by atoms with Crippen molar-refractivity contribution in [2.45, 2.75) is 45.3 Å². The number of ether oxygens (including phenoxy) is 1. The second-order valence-corrected chi connectivity index (χ2v) is 6.83. The van der Waals surface area contributed by atoms with Crippen molar-refractivity contribution in [2.75, 3.05) is 13.1 Å². The van der Waals surface area contributed by atoms with Gasteiger partial charge in [-0.25, -0.2) is 0 Å². The maximum absolute atomic E-state index is 6.27. The molecule has 0 radical (unpaired) electrons. The van der Waals surface area contributed by atoms with Crippen LogP contribution in [0.2, 0.25) is 0 Å². The molecule has 3 rings (SSSR count). The molecule has 2 nitrogen and oxygen atoms in total. The van der Waals surface area contributed by atoms with E-state index in [0.717, 1.165) is 25.3 Å². The average Bonchev–Trinajstić information content (AvgIpc) is 2.56. The Bertz CT molecular complexity index is 608. The van der Waals surface area contributed by atoms with Crippen LogP contribution in [0.4, 0.5) is 0 Å². The normalized spacial score (nSPS) is 19.0. The molecule has 1 fully saturated rings. The molecule has 1 atom stereocenters. The molecule has 0 aromatic heterocycles. The molecule has 2 aromatic rings. The summed E-state index contributed by atoms with van der Waals surface area (Å²) in [5.74, 6) is 1.56. The van der Waals surface area contributed by atoms with Gasteiger partial charge in [-0.15, -0.1) is 0 Å². The highest BCUT2D eigenvalue weighted by atomic mass is 16.5. The van der Waals surface area contributed by atoms with E-state index in [4.69, 9.17) is 4.74 Å². The number of benzene rings is 2. The molecule has 0 bridgehead atoms. The molecule has 2 heteroatoms. The van der Waals surface area contributed by atoms with E-state index < -0.39 is 0 Å². The van der Waals surface area contributed by atoms with Crippen molar-refractivity contribution in [3.63, 3.8) is 0 Å². The molecule has 0 N–H and O–H groups in total. The maximum Gasteiger partial charge on any atom is 0.120 e. The van der Waals surface area contributed by atoms with E-state index in [-0.39, 0.29) is 0 Å². The minimum Gasteiger partial charge on any atom is -0.489 e. The van der Waals surface area contributed by atoms with Crippen molar-refractivity contribution in [2.24, 2.45) is 0 Å². The fourth-order valence-electron chi connectivity index (χ4n) is 3.23. The van der Waals surface area contributed by atoms with Crippen LogP contribution in [0.15, 0.2) is 54.6 Å². The first-order valence-corrected chi connectivity index (χ1v) is 8.73. The largest absolute Gasteiger partial charge is 0.489 e. The van der Waals surface area contributed by atoms with E-state index in [1.54, 1.807) is 0 Å². The number of likely N-dealkylation sites (tertiary alicyclic amines) is 1. The Morgan fingerprint density at radius 2 is 1.91 bits per heavy atom. The zero-order valence-electron chi connectivity index (χ0n) is 14.2. The second kappa shape index (κ2) is 7.65. The molecule has 0 unspecified atom stereocenters. The lowest BCUT2D eigenvalue weighted by Crippen LogP contribution is -2.40. The third-order valence-electron chi connectivity index (χ3n) is 4.54. The summed E-state index contributed by atoms with van der Waals surface area (Å²) in [5, 5.41) is 0. The molecule has 1 heterocycles. The zero-order valence-corrected chi connectivity index (χ0v) is 14.2. The van der Waals surface area contributed by atoms with E-state index in [9.17, 15) is 0 Å². The lowest BCUT2D eigenvalue weighted by Gasteiger charge is -2.33. The maximum atomic E-state index is 6.27. The van der Waals surface area contributed by atoms with Crippen molar-refractivity contribution < 1.29 is 4.74 Å². The molecule has 0 aliphatic carbocycles. The quantitative estimate of drug-likeness (QED) is 0.782. The van der Waals surface area contributed by atoms with Gasteiger partial charge in [0.1, 0.15) is 11.9 Å². The Morgan fingerprint density at radius 1 is 1.09 bits per heavy atom. The summed E-state index contributed by atoms with van der Waals surface area (Å²) in [7, 11) is 0. The summed E-state index contributed by atoms with van der Waals surface area (Å²) in [6, 6.07) is 19.3. The van der Waals surface area contributed by atoms with Gasteiger partial charge >= 0.3 is 0 Å². The molecule has 0 spiro atoms. The Hall–Kier alpha value is -1.80. The third kappa shape index (κ3) is 4.59. The lowest BCUT2D eigenvalue weighted by atomic mass is 10.0. The summed E-state index contributed by atoms with van der Waals surface area (Å²) in [6.45, 7) is 7.65. The Morgan fingerprint density at radius 3 is 2.70 bits per heavy atom. The predicted molar refractivity (Wildman–Crippen MR) is 95.9 cm³/mol. The molecule has 23 heavy (non-hydrogen) atoms. The number of piperidine rings is 1. The van der Waals surface area contributed by atoms with Crippen molar-refractivity contribution >= 4 is 0 Å². The molecule has 1 saturated heterocycles. The highest BCUT2D eigenvalue weighted by molar-refractivity contribution is 5.30. The van der Waals surface area contributed by atoms with Gasteiger partial charge in [0.15, 0.2) is 0 Å². The van der Waals surface area contributed by atoms with Crippen LogP contribution in [0.25, 0.3) is 0 Å². The highest BCUT2D eigenvalue weighted by Crippen LogP contribution is 2.23. The van der Waals surface area contributed by atoms with Gasteiger partial charge in [0, 0.05) is 13.1 Å². The molecule has 1 aliphatic heterocycles. The first-order chi connectivity index (χ1) is 11.2. The molecule has 122 valence electrons. The van der Waals surface area contributed by atoms with Crippen LogP contribution in [0.3, 0.4) is 0 Å². The van der Waals surface area contributed by atoms with Crippen LogP contribution in [0, 0.1) is 0 Å². The highest BCUT2D eigenvalue weighted by Gasteiger charge is 2.21. The zero-order chi connectivity index (χ0) is 16.1. The predicted octanol–water partition coefficient (Wildman–Crippen LogP) is 4.85. The summed E-state index contributed by atoms with van der Waals surface area (Å²) in [4.78, 5) is 2.51. The van der Waals surface area contributed by atoms with Crippen molar-refractivity contribution in [3.8, 4) is 5.75 Å². The van der Waals surface area contributed by atoms with E-state index >= 15 is 0 Å². The summed E-state index contributed by atoms with van der Waals surface area (Å²) < 4.78 is 6.27. The first-order valence-electron chi connectivity index (χ1n) is 8.73. The van der Waals surface area contributed by atoms with Crippen LogP contribution in [0.5, 0.6) is 5.75 Å². The number of hydrogen-bond acceptors (Lipinski definition) is 2. The Kier molecular flexibility index (Phi) is 5.35. The van der Waals surface area contributed by atoms with Gasteiger partial charge in [0.2, 0.25) is 0 Å². The fourth-order valence-corrected chi connectivity index (χ4v) is 3.23. The van der Waals surface area contributed by atoms with Crippen molar-refractivity contribution in [1.29, 1.82) is 0 Å². The van der Waals surface area contributed by atoms with E-state index in [1.165, 1.54) is 24.1 Å². The fraction of sp³-hybridized carbons (Fsp3) is 0.429. The van der Waals surface area contributed by atoms with Gasteiger partial charge < -0.3 is 4.74 Å². The first kappa shape index (κ1) is 16.1.